The summed E-state index contributed by atoms with van der Waals surface area (Å²) in [5, 5.41) is 8.92. The highest BCUT2D eigenvalue weighted by atomic mass is 16.5. The molecule has 3 heteroatoms. The molecular formula is C7H15NO2. The van der Waals surface area contributed by atoms with Crippen LogP contribution in [0, 0.1) is 0 Å². The summed E-state index contributed by atoms with van der Waals surface area (Å²) in [6.07, 6.45) is 0.191. The highest BCUT2D eigenvalue weighted by molar-refractivity contribution is 4.79. The molecule has 0 radical (unpaired) electrons. The monoisotopic (exact) mass is 145 g/mol. The van der Waals surface area contributed by atoms with E-state index < -0.39 is 0 Å². The summed E-state index contributed by atoms with van der Waals surface area (Å²) < 4.78 is 5.07. The molecule has 0 bridgehead atoms. The van der Waals surface area contributed by atoms with Crippen LogP contribution < -0.4 is 0 Å². The fourth-order valence-corrected chi connectivity index (χ4v) is 1.13. The summed E-state index contributed by atoms with van der Waals surface area (Å²) in [6.45, 7) is 4.60. The number of ether oxygens (including phenoxy) is 1. The van der Waals surface area contributed by atoms with Crippen LogP contribution in [0.3, 0.4) is 0 Å². The molecule has 0 spiro atoms. The van der Waals surface area contributed by atoms with Crippen LogP contribution in [-0.4, -0.2) is 49.0 Å². The van der Waals surface area contributed by atoms with Crippen molar-refractivity contribution in [3.8, 4) is 0 Å². The van der Waals surface area contributed by atoms with Gasteiger partial charge in [0.05, 0.1) is 12.2 Å². The topological polar surface area (TPSA) is 32.7 Å². The zero-order valence-electron chi connectivity index (χ0n) is 6.58. The lowest BCUT2D eigenvalue weighted by atomic mass is 10.1. The highest BCUT2D eigenvalue weighted by Crippen LogP contribution is 2.07. The van der Waals surface area contributed by atoms with Crippen LogP contribution in [0.15, 0.2) is 0 Å². The minimum Gasteiger partial charge on any atom is -0.390 e. The van der Waals surface area contributed by atoms with Gasteiger partial charge >= 0.3 is 0 Å². The van der Waals surface area contributed by atoms with Crippen molar-refractivity contribution in [3.05, 3.63) is 0 Å². The van der Waals surface area contributed by atoms with E-state index in [0.29, 0.717) is 0 Å². The van der Waals surface area contributed by atoms with E-state index in [1.54, 1.807) is 7.11 Å². The first-order valence-corrected chi connectivity index (χ1v) is 3.65. The molecule has 0 aromatic heterocycles. The van der Waals surface area contributed by atoms with Crippen molar-refractivity contribution in [1.82, 2.24) is 4.90 Å². The van der Waals surface area contributed by atoms with Crippen LogP contribution >= 0.6 is 0 Å². The number of methoxy groups -OCH3 is 1. The Hall–Kier alpha value is -0.120. The summed E-state index contributed by atoms with van der Waals surface area (Å²) in [5.74, 6) is 0. The smallest absolute Gasteiger partial charge is 0.0793 e. The van der Waals surface area contributed by atoms with E-state index >= 15 is 0 Å². The number of rotatable bonds is 3. The van der Waals surface area contributed by atoms with Crippen molar-refractivity contribution in [2.24, 2.45) is 0 Å². The number of aliphatic hydroxyl groups is 1. The van der Waals surface area contributed by atoms with Crippen LogP contribution in [0.5, 0.6) is 0 Å². The molecule has 1 heterocycles. The van der Waals surface area contributed by atoms with Crippen molar-refractivity contribution in [1.29, 1.82) is 0 Å². The van der Waals surface area contributed by atoms with Gasteiger partial charge in [-0.1, -0.05) is 0 Å². The van der Waals surface area contributed by atoms with Gasteiger partial charge in [-0.25, -0.2) is 0 Å². The first-order valence-electron chi connectivity index (χ1n) is 3.65. The average molecular weight is 145 g/mol. The normalized spacial score (nSPS) is 24.3. The van der Waals surface area contributed by atoms with Gasteiger partial charge in [-0.15, -0.1) is 0 Å². The average Bonchev–Trinajstić information content (AvgIpc) is 1.84. The fourth-order valence-electron chi connectivity index (χ4n) is 1.13. The zero-order valence-corrected chi connectivity index (χ0v) is 6.58. The molecule has 0 aliphatic carbocycles. The minimum absolute atomic E-state index is 0.0935. The number of hydrogen-bond donors (Lipinski definition) is 1. The SMILES string of the molecule is COC(C)CN1CC(O)C1. The van der Waals surface area contributed by atoms with Crippen LogP contribution in [0.2, 0.25) is 0 Å². The molecule has 1 aliphatic rings. The Bertz CT molecular complexity index is 102. The minimum atomic E-state index is -0.0935. The van der Waals surface area contributed by atoms with E-state index in [-0.39, 0.29) is 12.2 Å². The Morgan fingerprint density at radius 3 is 2.70 bits per heavy atom. The van der Waals surface area contributed by atoms with Crippen molar-refractivity contribution in [2.45, 2.75) is 19.1 Å². The molecule has 1 unspecified atom stereocenters. The number of likely N-dealkylation sites (tertiary alicyclic amines) is 1. The Morgan fingerprint density at radius 2 is 2.30 bits per heavy atom. The maximum absolute atomic E-state index is 8.92. The van der Waals surface area contributed by atoms with E-state index in [1.807, 2.05) is 6.92 Å². The first kappa shape index (κ1) is 7.98. The van der Waals surface area contributed by atoms with Crippen LogP contribution in [-0.2, 0) is 4.74 Å². The molecule has 1 rings (SSSR count). The van der Waals surface area contributed by atoms with Crippen molar-refractivity contribution < 1.29 is 9.84 Å². The van der Waals surface area contributed by atoms with Gasteiger partial charge in [0.25, 0.3) is 0 Å². The molecule has 3 nitrogen and oxygen atoms in total. The van der Waals surface area contributed by atoms with E-state index in [9.17, 15) is 0 Å². The number of hydrogen-bond acceptors (Lipinski definition) is 3. The second-order valence-corrected chi connectivity index (χ2v) is 2.92. The highest BCUT2D eigenvalue weighted by Gasteiger charge is 2.24. The summed E-state index contributed by atoms with van der Waals surface area (Å²) in [6, 6.07) is 0. The van der Waals surface area contributed by atoms with Gasteiger partial charge in [0.1, 0.15) is 0 Å². The van der Waals surface area contributed by atoms with Gasteiger partial charge in [0, 0.05) is 26.7 Å². The molecule has 1 aliphatic heterocycles. The lowest BCUT2D eigenvalue weighted by molar-refractivity contribution is -0.0267. The molecule has 1 atom stereocenters. The standard InChI is InChI=1S/C7H15NO2/c1-6(10-2)3-8-4-7(9)5-8/h6-7,9H,3-5H2,1-2H3. The Kier molecular flexibility index (Phi) is 2.65. The molecule has 0 aromatic carbocycles. The quantitative estimate of drug-likeness (QED) is 0.591. The summed E-state index contributed by atoms with van der Waals surface area (Å²) in [5.41, 5.74) is 0. The maximum Gasteiger partial charge on any atom is 0.0793 e. The lowest BCUT2D eigenvalue weighted by Crippen LogP contribution is -2.52. The van der Waals surface area contributed by atoms with Gasteiger partial charge in [-0.05, 0) is 6.92 Å². The predicted octanol–water partition coefficient (Wildman–Crippen LogP) is -0.302. The van der Waals surface area contributed by atoms with E-state index in [4.69, 9.17) is 9.84 Å². The van der Waals surface area contributed by atoms with Crippen molar-refractivity contribution in [3.63, 3.8) is 0 Å². The molecule has 1 fully saturated rings. The van der Waals surface area contributed by atoms with Gasteiger partial charge in [-0.3, -0.25) is 4.90 Å². The molecule has 1 N–H and O–H groups in total. The van der Waals surface area contributed by atoms with Crippen molar-refractivity contribution >= 4 is 0 Å². The van der Waals surface area contributed by atoms with Gasteiger partial charge < -0.3 is 9.84 Å². The molecular weight excluding hydrogens is 130 g/mol. The van der Waals surface area contributed by atoms with E-state index in [1.165, 1.54) is 0 Å². The third-order valence-corrected chi connectivity index (χ3v) is 1.86. The maximum atomic E-state index is 8.92. The third kappa shape index (κ3) is 1.94. The van der Waals surface area contributed by atoms with Gasteiger partial charge in [-0.2, -0.15) is 0 Å². The zero-order chi connectivity index (χ0) is 7.56. The summed E-state index contributed by atoms with van der Waals surface area (Å²) >= 11 is 0. The lowest BCUT2D eigenvalue weighted by Gasteiger charge is -2.37. The second kappa shape index (κ2) is 3.32. The Labute approximate surface area is 61.6 Å². The van der Waals surface area contributed by atoms with Crippen LogP contribution in [0.1, 0.15) is 6.92 Å². The van der Waals surface area contributed by atoms with E-state index in [0.717, 1.165) is 19.6 Å². The fraction of sp³-hybridized carbons (Fsp3) is 1.00. The van der Waals surface area contributed by atoms with Gasteiger partial charge in [0.15, 0.2) is 0 Å². The number of nitrogens with zero attached hydrogens (tertiary/aromatic N) is 1. The molecule has 0 aromatic rings. The summed E-state index contributed by atoms with van der Waals surface area (Å²) in [7, 11) is 1.71. The first-order chi connectivity index (χ1) is 4.72. The van der Waals surface area contributed by atoms with Crippen molar-refractivity contribution in [2.75, 3.05) is 26.7 Å². The van der Waals surface area contributed by atoms with Gasteiger partial charge in [0.2, 0.25) is 0 Å². The van der Waals surface area contributed by atoms with Crippen LogP contribution in [0.25, 0.3) is 0 Å². The largest absolute Gasteiger partial charge is 0.390 e. The molecule has 10 heavy (non-hydrogen) atoms. The Morgan fingerprint density at radius 1 is 1.70 bits per heavy atom. The Balaban J connectivity index is 2.04. The predicted molar refractivity (Wildman–Crippen MR) is 38.9 cm³/mol. The number of β-amino-alcohol motifs (C(OH)–C–C–N with tert-alkyl or cyclic N) is 1. The third-order valence-electron chi connectivity index (χ3n) is 1.86. The molecule has 60 valence electrons. The second-order valence-electron chi connectivity index (χ2n) is 2.92. The summed E-state index contributed by atoms with van der Waals surface area (Å²) in [4.78, 5) is 2.18. The van der Waals surface area contributed by atoms with Crippen LogP contribution in [0.4, 0.5) is 0 Å². The molecule has 1 saturated heterocycles. The van der Waals surface area contributed by atoms with E-state index in [2.05, 4.69) is 4.90 Å². The molecule has 0 saturated carbocycles. The number of aliphatic hydroxyl groups excluding tert-OH is 1. The molecule has 0 amide bonds.